The summed E-state index contributed by atoms with van der Waals surface area (Å²) in [5, 5.41) is 0.949. The zero-order valence-corrected chi connectivity index (χ0v) is 19.4. The molecule has 5 rings (SSSR count). The van der Waals surface area contributed by atoms with Crippen molar-refractivity contribution in [3.63, 3.8) is 0 Å². The topological polar surface area (TPSA) is 64.4 Å². The Labute approximate surface area is 193 Å². The van der Waals surface area contributed by atoms with Gasteiger partial charge >= 0.3 is 0 Å². The number of ether oxygens (including phenoxy) is 1. The maximum Gasteiger partial charge on any atom is 0.267 e. The molecule has 1 aliphatic heterocycles. The molecule has 1 amide bonds. The first-order valence-electron chi connectivity index (χ1n) is 10.8. The molecule has 2 aromatic heterocycles. The number of rotatable bonds is 4. The molecular weight excluding hydrogens is 449 g/mol. The molecule has 1 aliphatic carbocycles. The van der Waals surface area contributed by atoms with Gasteiger partial charge in [-0.15, -0.1) is 11.3 Å². The Morgan fingerprint density at radius 2 is 2.09 bits per heavy atom. The predicted molar refractivity (Wildman–Crippen MR) is 124 cm³/mol. The van der Waals surface area contributed by atoms with Crippen molar-refractivity contribution < 1.29 is 13.9 Å². The number of amides is 1. The number of aryl methyl sites for hydroxylation is 1. The highest BCUT2D eigenvalue weighted by Gasteiger charge is 2.26. The number of carbonyl (C=O) groups is 1. The molecule has 0 N–H and O–H groups in total. The largest absolute Gasteiger partial charge is 0.378 e. The van der Waals surface area contributed by atoms with Crippen LogP contribution in [0.4, 0.5) is 4.39 Å². The third-order valence-electron chi connectivity index (χ3n) is 6.08. The highest BCUT2D eigenvalue weighted by atomic mass is 32.2. The monoisotopic (exact) mass is 473 g/mol. The fourth-order valence-corrected chi connectivity index (χ4v) is 6.68. The maximum absolute atomic E-state index is 14.8. The summed E-state index contributed by atoms with van der Waals surface area (Å²) in [5.74, 6) is 0.181. The fraction of sp³-hybridized carbons (Fsp3) is 0.435. The lowest BCUT2D eigenvalue weighted by atomic mass is 9.89. The van der Waals surface area contributed by atoms with E-state index in [0.717, 1.165) is 24.8 Å². The number of fused-ring (bicyclic) bond motifs is 3. The molecule has 1 fully saturated rings. The maximum atomic E-state index is 14.8. The fourth-order valence-electron chi connectivity index (χ4n) is 4.34. The van der Waals surface area contributed by atoms with Gasteiger partial charge in [-0.25, -0.2) is 9.37 Å². The molecule has 32 heavy (non-hydrogen) atoms. The zero-order valence-electron chi connectivity index (χ0n) is 17.8. The van der Waals surface area contributed by atoms with Crippen molar-refractivity contribution >= 4 is 39.2 Å². The molecule has 1 saturated heterocycles. The van der Waals surface area contributed by atoms with Gasteiger partial charge in [0, 0.05) is 18.0 Å². The molecule has 9 heteroatoms. The number of thioether (sulfide) groups is 1. The number of hydrogen-bond acceptors (Lipinski definition) is 6. The van der Waals surface area contributed by atoms with Crippen LogP contribution in [0.2, 0.25) is 0 Å². The lowest BCUT2D eigenvalue weighted by molar-refractivity contribution is -0.132. The molecule has 0 bridgehead atoms. The second kappa shape index (κ2) is 8.96. The minimum absolute atomic E-state index is 0.0352. The van der Waals surface area contributed by atoms with Crippen LogP contribution in [0, 0.1) is 11.7 Å². The molecule has 0 saturated carbocycles. The Hall–Kier alpha value is -2.23. The Balaban J connectivity index is 1.59. The summed E-state index contributed by atoms with van der Waals surface area (Å²) in [6.45, 7) is 4.39. The molecule has 0 spiro atoms. The number of nitrogens with zero attached hydrogens (tertiary/aromatic N) is 3. The number of para-hydroxylation sites is 1. The first-order chi connectivity index (χ1) is 15.5. The first-order valence-corrected chi connectivity index (χ1v) is 12.6. The highest BCUT2D eigenvalue weighted by molar-refractivity contribution is 7.99. The van der Waals surface area contributed by atoms with Gasteiger partial charge in [0.2, 0.25) is 5.91 Å². The molecular formula is C23H24FN3O3S2. The van der Waals surface area contributed by atoms with Crippen molar-refractivity contribution in [2.75, 3.05) is 32.1 Å². The van der Waals surface area contributed by atoms with Gasteiger partial charge in [-0.3, -0.25) is 14.2 Å². The van der Waals surface area contributed by atoms with E-state index in [1.54, 1.807) is 34.4 Å². The summed E-state index contributed by atoms with van der Waals surface area (Å²) in [7, 11) is 0. The Kier molecular flexibility index (Phi) is 6.05. The predicted octanol–water partition coefficient (Wildman–Crippen LogP) is 3.66. The van der Waals surface area contributed by atoms with Gasteiger partial charge in [-0.2, -0.15) is 0 Å². The number of halogens is 1. The summed E-state index contributed by atoms with van der Waals surface area (Å²) in [4.78, 5) is 34.8. The van der Waals surface area contributed by atoms with Crippen molar-refractivity contribution in [2.24, 2.45) is 5.92 Å². The average molecular weight is 474 g/mol. The molecule has 6 nitrogen and oxygen atoms in total. The molecule has 1 aromatic carbocycles. The molecule has 1 atom stereocenters. The minimum atomic E-state index is -0.491. The van der Waals surface area contributed by atoms with E-state index in [0.29, 0.717) is 47.6 Å². The van der Waals surface area contributed by atoms with Gasteiger partial charge in [0.1, 0.15) is 10.6 Å². The van der Waals surface area contributed by atoms with Gasteiger partial charge < -0.3 is 9.64 Å². The van der Waals surface area contributed by atoms with Gasteiger partial charge in [0.05, 0.1) is 30.0 Å². The van der Waals surface area contributed by atoms with E-state index < -0.39 is 5.82 Å². The summed E-state index contributed by atoms with van der Waals surface area (Å²) in [5.41, 5.74) is 0.970. The minimum Gasteiger partial charge on any atom is -0.378 e. The first kappa shape index (κ1) is 21.6. The second-order valence-corrected chi connectivity index (χ2v) is 10.3. The molecule has 168 valence electrons. The quantitative estimate of drug-likeness (QED) is 0.427. The molecule has 2 aliphatic rings. The van der Waals surface area contributed by atoms with Crippen molar-refractivity contribution in [2.45, 2.75) is 31.3 Å². The van der Waals surface area contributed by atoms with Gasteiger partial charge in [-0.05, 0) is 42.9 Å². The van der Waals surface area contributed by atoms with Crippen LogP contribution in [-0.2, 0) is 22.4 Å². The van der Waals surface area contributed by atoms with Crippen molar-refractivity contribution in [3.8, 4) is 5.69 Å². The van der Waals surface area contributed by atoms with E-state index in [-0.39, 0.29) is 22.9 Å². The standard InChI is InChI=1S/C23H24FN3O3S2/c1-14-6-7-15-18(12-14)32-21-20(15)22(29)27(17-5-3-2-4-16(17)24)23(25-21)31-13-19(28)26-8-10-30-11-9-26/h2-5,14H,6-13H2,1H3. The third-order valence-corrected chi connectivity index (χ3v) is 8.15. The normalized spacial score (nSPS) is 18.7. The van der Waals surface area contributed by atoms with Gasteiger partial charge in [0.15, 0.2) is 5.16 Å². The van der Waals surface area contributed by atoms with Crippen LogP contribution in [0.25, 0.3) is 15.9 Å². The van der Waals surface area contributed by atoms with Crippen LogP contribution < -0.4 is 5.56 Å². The lowest BCUT2D eigenvalue weighted by Crippen LogP contribution is -2.41. The summed E-state index contributed by atoms with van der Waals surface area (Å²) < 4.78 is 21.4. The molecule has 3 aromatic rings. The van der Waals surface area contributed by atoms with Crippen LogP contribution in [0.3, 0.4) is 0 Å². The Morgan fingerprint density at radius 1 is 1.31 bits per heavy atom. The molecule has 0 radical (unpaired) electrons. The van der Waals surface area contributed by atoms with E-state index in [1.807, 2.05) is 0 Å². The molecule has 3 heterocycles. The smallest absolute Gasteiger partial charge is 0.267 e. The SMILES string of the molecule is CC1CCc2c(sc3nc(SCC(=O)N4CCOCC4)n(-c4ccccc4F)c(=O)c23)C1. The molecule has 1 unspecified atom stereocenters. The average Bonchev–Trinajstić information content (AvgIpc) is 3.16. The van der Waals surface area contributed by atoms with E-state index in [4.69, 9.17) is 9.72 Å². The van der Waals surface area contributed by atoms with Crippen LogP contribution >= 0.6 is 23.1 Å². The summed E-state index contributed by atoms with van der Waals surface area (Å²) in [6.07, 6.45) is 2.81. The number of aromatic nitrogens is 2. The Bertz CT molecular complexity index is 1230. The zero-order chi connectivity index (χ0) is 22.2. The van der Waals surface area contributed by atoms with Crippen molar-refractivity contribution in [1.29, 1.82) is 0 Å². The Morgan fingerprint density at radius 3 is 2.88 bits per heavy atom. The highest BCUT2D eigenvalue weighted by Crippen LogP contribution is 2.37. The van der Waals surface area contributed by atoms with Crippen LogP contribution in [-0.4, -0.2) is 52.4 Å². The van der Waals surface area contributed by atoms with Crippen LogP contribution in [0.15, 0.2) is 34.2 Å². The van der Waals surface area contributed by atoms with Gasteiger partial charge in [0.25, 0.3) is 5.56 Å². The van der Waals surface area contributed by atoms with Crippen LogP contribution in [0.1, 0.15) is 23.8 Å². The van der Waals surface area contributed by atoms with E-state index in [1.165, 1.54) is 27.3 Å². The van der Waals surface area contributed by atoms with Crippen molar-refractivity contribution in [1.82, 2.24) is 14.5 Å². The summed E-state index contributed by atoms with van der Waals surface area (Å²) in [6, 6.07) is 6.22. The second-order valence-electron chi connectivity index (χ2n) is 8.30. The third kappa shape index (κ3) is 3.97. The number of benzene rings is 1. The van der Waals surface area contributed by atoms with E-state index >= 15 is 0 Å². The van der Waals surface area contributed by atoms with Crippen molar-refractivity contribution in [3.05, 3.63) is 50.9 Å². The van der Waals surface area contributed by atoms with Crippen LogP contribution in [0.5, 0.6) is 0 Å². The van der Waals surface area contributed by atoms with E-state index in [2.05, 4.69) is 6.92 Å². The van der Waals surface area contributed by atoms with Gasteiger partial charge in [-0.1, -0.05) is 30.8 Å². The van der Waals surface area contributed by atoms with E-state index in [9.17, 15) is 14.0 Å². The number of thiophene rings is 1. The summed E-state index contributed by atoms with van der Waals surface area (Å²) >= 11 is 2.75. The number of hydrogen-bond donors (Lipinski definition) is 0. The number of carbonyl (C=O) groups excluding carboxylic acids is 1. The lowest BCUT2D eigenvalue weighted by Gasteiger charge is -2.26. The number of morpholine rings is 1.